The SMILES string of the molecule is O=Cc1cccc(F)c1.O=Cc1ccccc1F. The van der Waals surface area contributed by atoms with E-state index in [2.05, 4.69) is 0 Å². The van der Waals surface area contributed by atoms with E-state index < -0.39 is 5.82 Å². The van der Waals surface area contributed by atoms with E-state index in [1.807, 2.05) is 0 Å². The van der Waals surface area contributed by atoms with Gasteiger partial charge in [0.05, 0.1) is 5.56 Å². The van der Waals surface area contributed by atoms with Crippen molar-refractivity contribution in [1.29, 1.82) is 0 Å². The van der Waals surface area contributed by atoms with E-state index in [-0.39, 0.29) is 11.4 Å². The van der Waals surface area contributed by atoms with E-state index >= 15 is 0 Å². The normalized spacial score (nSPS) is 9.00. The van der Waals surface area contributed by atoms with Crippen molar-refractivity contribution in [3.05, 3.63) is 71.3 Å². The number of hydrogen-bond donors (Lipinski definition) is 0. The maximum Gasteiger partial charge on any atom is 0.152 e. The van der Waals surface area contributed by atoms with Crippen LogP contribution in [0.4, 0.5) is 8.78 Å². The lowest BCUT2D eigenvalue weighted by molar-refractivity contribution is 0.111. The van der Waals surface area contributed by atoms with Gasteiger partial charge in [0.15, 0.2) is 6.29 Å². The van der Waals surface area contributed by atoms with Crippen molar-refractivity contribution >= 4 is 12.6 Å². The third-order valence-corrected chi connectivity index (χ3v) is 2.02. The van der Waals surface area contributed by atoms with Gasteiger partial charge in [0.1, 0.15) is 17.9 Å². The predicted octanol–water partition coefficient (Wildman–Crippen LogP) is 3.28. The third-order valence-electron chi connectivity index (χ3n) is 2.02. The summed E-state index contributed by atoms with van der Waals surface area (Å²) >= 11 is 0. The Morgan fingerprint density at radius 2 is 1.56 bits per heavy atom. The zero-order valence-electron chi connectivity index (χ0n) is 9.35. The fraction of sp³-hybridized carbons (Fsp3) is 0. The van der Waals surface area contributed by atoms with Crippen molar-refractivity contribution in [3.63, 3.8) is 0 Å². The molecule has 4 heteroatoms. The van der Waals surface area contributed by atoms with Gasteiger partial charge < -0.3 is 0 Å². The Bertz CT molecular complexity index is 539. The number of aldehydes is 2. The molecule has 18 heavy (non-hydrogen) atoms. The van der Waals surface area contributed by atoms with E-state index in [0.29, 0.717) is 18.1 Å². The third kappa shape index (κ3) is 4.25. The molecule has 0 radical (unpaired) electrons. The molecule has 0 atom stereocenters. The monoisotopic (exact) mass is 248 g/mol. The maximum atomic E-state index is 12.4. The lowest BCUT2D eigenvalue weighted by Gasteiger charge is -1.88. The molecule has 0 amide bonds. The fourth-order valence-electron chi connectivity index (χ4n) is 1.15. The molecule has 0 spiro atoms. The highest BCUT2D eigenvalue weighted by Crippen LogP contribution is 2.01. The summed E-state index contributed by atoms with van der Waals surface area (Å²) < 4.78 is 24.6. The molecule has 0 bridgehead atoms. The smallest absolute Gasteiger partial charge is 0.152 e. The molecule has 2 aromatic rings. The lowest BCUT2D eigenvalue weighted by atomic mass is 10.2. The van der Waals surface area contributed by atoms with Crippen LogP contribution in [0.3, 0.4) is 0 Å². The van der Waals surface area contributed by atoms with Gasteiger partial charge in [-0.05, 0) is 24.3 Å². The number of carbonyl (C=O) groups excluding carboxylic acids is 2. The highest BCUT2D eigenvalue weighted by Gasteiger charge is 1.94. The summed E-state index contributed by atoms with van der Waals surface area (Å²) in [6.07, 6.45) is 1.11. The Kier molecular flexibility index (Phi) is 5.38. The van der Waals surface area contributed by atoms with E-state index in [1.165, 1.54) is 30.3 Å². The van der Waals surface area contributed by atoms with Crippen LogP contribution in [0.1, 0.15) is 20.7 Å². The van der Waals surface area contributed by atoms with Gasteiger partial charge in [-0.25, -0.2) is 8.78 Å². The molecular weight excluding hydrogens is 238 g/mol. The summed E-state index contributed by atoms with van der Waals surface area (Å²) in [6, 6.07) is 11.4. The minimum Gasteiger partial charge on any atom is -0.298 e. The van der Waals surface area contributed by atoms with Crippen molar-refractivity contribution in [3.8, 4) is 0 Å². The Hall–Kier alpha value is -2.36. The zero-order chi connectivity index (χ0) is 13.4. The molecule has 0 saturated carbocycles. The van der Waals surface area contributed by atoms with Crippen LogP contribution >= 0.6 is 0 Å². The molecule has 0 aliphatic heterocycles. The molecule has 2 rings (SSSR count). The van der Waals surface area contributed by atoms with Crippen molar-refractivity contribution in [1.82, 2.24) is 0 Å². The molecule has 0 N–H and O–H groups in total. The van der Waals surface area contributed by atoms with Gasteiger partial charge in [0.2, 0.25) is 0 Å². The minimum absolute atomic E-state index is 0.109. The molecule has 0 aromatic heterocycles. The second kappa shape index (κ2) is 7.06. The largest absolute Gasteiger partial charge is 0.298 e. The summed E-state index contributed by atoms with van der Waals surface area (Å²) in [5.41, 5.74) is 0.479. The van der Waals surface area contributed by atoms with Gasteiger partial charge in [0.25, 0.3) is 0 Å². The molecule has 0 unspecified atom stereocenters. The van der Waals surface area contributed by atoms with Crippen LogP contribution in [0.5, 0.6) is 0 Å². The first-order valence-corrected chi connectivity index (χ1v) is 5.08. The summed E-state index contributed by atoms with van der Waals surface area (Å²) in [5.74, 6) is -0.841. The Morgan fingerprint density at radius 1 is 0.833 bits per heavy atom. The van der Waals surface area contributed by atoms with Crippen LogP contribution < -0.4 is 0 Å². The second-order valence-corrected chi connectivity index (χ2v) is 3.31. The van der Waals surface area contributed by atoms with Crippen molar-refractivity contribution in [2.24, 2.45) is 0 Å². The lowest BCUT2D eigenvalue weighted by Crippen LogP contribution is -1.83. The van der Waals surface area contributed by atoms with Crippen LogP contribution in [0.2, 0.25) is 0 Å². The van der Waals surface area contributed by atoms with Crippen LogP contribution in [0.15, 0.2) is 48.5 Å². The summed E-state index contributed by atoms with van der Waals surface area (Å²) in [5, 5.41) is 0. The number of hydrogen-bond acceptors (Lipinski definition) is 2. The van der Waals surface area contributed by atoms with Gasteiger partial charge in [-0.1, -0.05) is 24.3 Å². The molecule has 2 aromatic carbocycles. The van der Waals surface area contributed by atoms with Crippen LogP contribution in [0.25, 0.3) is 0 Å². The van der Waals surface area contributed by atoms with Gasteiger partial charge in [-0.3, -0.25) is 9.59 Å². The maximum absolute atomic E-state index is 12.4. The minimum atomic E-state index is -0.465. The van der Waals surface area contributed by atoms with Gasteiger partial charge in [-0.2, -0.15) is 0 Å². The van der Waals surface area contributed by atoms with E-state index in [1.54, 1.807) is 18.2 Å². The molecule has 0 aliphatic carbocycles. The summed E-state index contributed by atoms with van der Waals surface area (Å²) in [6.45, 7) is 0. The molecule has 0 fully saturated rings. The Labute approximate surface area is 103 Å². The van der Waals surface area contributed by atoms with Crippen molar-refractivity contribution < 1.29 is 18.4 Å². The average molecular weight is 248 g/mol. The molecule has 0 aliphatic rings. The molecule has 0 heterocycles. The molecular formula is C14H10F2O2. The molecule has 92 valence electrons. The van der Waals surface area contributed by atoms with Crippen molar-refractivity contribution in [2.45, 2.75) is 0 Å². The highest BCUT2D eigenvalue weighted by molar-refractivity contribution is 5.75. The highest BCUT2D eigenvalue weighted by atomic mass is 19.1. The topological polar surface area (TPSA) is 34.1 Å². The average Bonchev–Trinajstić information content (AvgIpc) is 2.40. The summed E-state index contributed by atoms with van der Waals surface area (Å²) in [4.78, 5) is 20.0. The predicted molar refractivity (Wildman–Crippen MR) is 63.6 cm³/mol. The second-order valence-electron chi connectivity index (χ2n) is 3.31. The van der Waals surface area contributed by atoms with Gasteiger partial charge in [0, 0.05) is 5.56 Å². The molecule has 0 saturated heterocycles. The number of halogens is 2. The fourth-order valence-corrected chi connectivity index (χ4v) is 1.15. The number of rotatable bonds is 2. The van der Waals surface area contributed by atoms with Crippen molar-refractivity contribution in [2.75, 3.05) is 0 Å². The number of benzene rings is 2. The van der Waals surface area contributed by atoms with E-state index in [0.717, 1.165) is 0 Å². The first-order chi connectivity index (χ1) is 8.67. The van der Waals surface area contributed by atoms with Crippen LogP contribution in [-0.4, -0.2) is 12.6 Å². The van der Waals surface area contributed by atoms with Gasteiger partial charge in [-0.15, -0.1) is 0 Å². The Morgan fingerprint density at radius 3 is 2.00 bits per heavy atom. The van der Waals surface area contributed by atoms with Gasteiger partial charge >= 0.3 is 0 Å². The Balaban J connectivity index is 0.000000180. The molecule has 2 nitrogen and oxygen atoms in total. The first-order valence-electron chi connectivity index (χ1n) is 5.08. The van der Waals surface area contributed by atoms with Crippen LogP contribution in [0, 0.1) is 11.6 Å². The quantitative estimate of drug-likeness (QED) is 0.764. The van der Waals surface area contributed by atoms with Crippen LogP contribution in [-0.2, 0) is 0 Å². The number of carbonyl (C=O) groups is 2. The van der Waals surface area contributed by atoms with E-state index in [9.17, 15) is 18.4 Å². The zero-order valence-corrected chi connectivity index (χ0v) is 9.35. The van der Waals surface area contributed by atoms with E-state index in [4.69, 9.17) is 0 Å². The standard InChI is InChI=1S/2C7H5FO/c8-7-3-1-2-6(4-7)5-9;8-7-4-2-1-3-6(7)5-9/h2*1-5H. The summed E-state index contributed by atoms with van der Waals surface area (Å²) in [7, 11) is 0. The first kappa shape index (κ1) is 13.7.